The Bertz CT molecular complexity index is 648. The molecule has 0 unspecified atom stereocenters. The van der Waals surface area contributed by atoms with E-state index in [1.54, 1.807) is 16.8 Å². The SMILES string of the molecule is Cl.Cn1nc2c(c1NC(=O)c1ccc(CN)cc1)CCC2. The van der Waals surface area contributed by atoms with Crippen molar-refractivity contribution in [3.05, 3.63) is 46.6 Å². The first kappa shape index (κ1) is 15.5. The molecular formula is C15H19ClN4O. The van der Waals surface area contributed by atoms with E-state index in [4.69, 9.17) is 5.73 Å². The number of anilines is 1. The molecule has 3 rings (SSSR count). The molecule has 0 atom stereocenters. The number of hydrogen-bond acceptors (Lipinski definition) is 3. The molecule has 0 fully saturated rings. The number of nitrogens with two attached hydrogens (primary N) is 1. The topological polar surface area (TPSA) is 72.9 Å². The molecule has 6 heteroatoms. The van der Waals surface area contributed by atoms with E-state index in [0.717, 1.165) is 36.3 Å². The number of rotatable bonds is 3. The Labute approximate surface area is 129 Å². The van der Waals surface area contributed by atoms with Crippen molar-refractivity contribution >= 4 is 24.1 Å². The number of carbonyl (C=O) groups excluding carboxylic acids is 1. The first-order valence-electron chi connectivity index (χ1n) is 6.84. The van der Waals surface area contributed by atoms with Crippen LogP contribution in [0.25, 0.3) is 0 Å². The molecule has 0 aliphatic heterocycles. The molecule has 1 aliphatic rings. The maximum atomic E-state index is 12.3. The number of aromatic nitrogens is 2. The van der Waals surface area contributed by atoms with Crippen molar-refractivity contribution in [1.29, 1.82) is 0 Å². The molecule has 0 bridgehead atoms. The van der Waals surface area contributed by atoms with Crippen LogP contribution in [0.2, 0.25) is 0 Å². The summed E-state index contributed by atoms with van der Waals surface area (Å²) in [5.74, 6) is 0.719. The molecule has 1 aromatic carbocycles. The second kappa shape index (κ2) is 6.28. The molecule has 1 heterocycles. The van der Waals surface area contributed by atoms with Crippen molar-refractivity contribution in [2.75, 3.05) is 5.32 Å². The van der Waals surface area contributed by atoms with E-state index in [1.807, 2.05) is 19.2 Å². The van der Waals surface area contributed by atoms with Gasteiger partial charge in [0.25, 0.3) is 5.91 Å². The summed E-state index contributed by atoms with van der Waals surface area (Å²) in [6.07, 6.45) is 3.11. The molecule has 0 radical (unpaired) electrons. The van der Waals surface area contributed by atoms with Gasteiger partial charge in [0.2, 0.25) is 0 Å². The minimum atomic E-state index is -0.105. The van der Waals surface area contributed by atoms with E-state index in [0.29, 0.717) is 12.1 Å². The Kier molecular flexibility index (Phi) is 4.65. The first-order chi connectivity index (χ1) is 9.69. The molecule has 5 nitrogen and oxygen atoms in total. The molecule has 21 heavy (non-hydrogen) atoms. The molecule has 0 saturated heterocycles. The summed E-state index contributed by atoms with van der Waals surface area (Å²) in [5, 5.41) is 7.43. The smallest absolute Gasteiger partial charge is 0.256 e. The number of nitrogens with one attached hydrogen (secondary N) is 1. The van der Waals surface area contributed by atoms with Crippen LogP contribution in [-0.4, -0.2) is 15.7 Å². The van der Waals surface area contributed by atoms with Crippen LogP contribution in [0.15, 0.2) is 24.3 Å². The van der Waals surface area contributed by atoms with Crippen LogP contribution in [0, 0.1) is 0 Å². The van der Waals surface area contributed by atoms with E-state index in [-0.39, 0.29) is 18.3 Å². The van der Waals surface area contributed by atoms with Gasteiger partial charge < -0.3 is 11.1 Å². The number of carbonyl (C=O) groups is 1. The number of benzene rings is 1. The van der Waals surface area contributed by atoms with Gasteiger partial charge in [0, 0.05) is 24.7 Å². The first-order valence-corrected chi connectivity index (χ1v) is 6.84. The van der Waals surface area contributed by atoms with Crippen LogP contribution >= 0.6 is 12.4 Å². The molecule has 2 aromatic rings. The lowest BCUT2D eigenvalue weighted by Gasteiger charge is -2.08. The lowest BCUT2D eigenvalue weighted by Crippen LogP contribution is -2.15. The van der Waals surface area contributed by atoms with Gasteiger partial charge in [-0.1, -0.05) is 12.1 Å². The van der Waals surface area contributed by atoms with Gasteiger partial charge in [0.15, 0.2) is 0 Å². The highest BCUT2D eigenvalue weighted by molar-refractivity contribution is 6.04. The van der Waals surface area contributed by atoms with Gasteiger partial charge in [-0.05, 0) is 37.0 Å². The second-order valence-corrected chi connectivity index (χ2v) is 5.11. The maximum Gasteiger partial charge on any atom is 0.256 e. The third-order valence-electron chi connectivity index (χ3n) is 3.75. The highest BCUT2D eigenvalue weighted by Crippen LogP contribution is 2.28. The fourth-order valence-electron chi connectivity index (χ4n) is 2.65. The fraction of sp³-hybridized carbons (Fsp3) is 0.333. The second-order valence-electron chi connectivity index (χ2n) is 5.11. The lowest BCUT2D eigenvalue weighted by atomic mass is 10.1. The Morgan fingerprint density at radius 3 is 2.71 bits per heavy atom. The van der Waals surface area contributed by atoms with E-state index >= 15 is 0 Å². The number of amides is 1. The summed E-state index contributed by atoms with van der Waals surface area (Å²) in [4.78, 5) is 12.3. The van der Waals surface area contributed by atoms with Crippen LogP contribution in [0.5, 0.6) is 0 Å². The molecule has 3 N–H and O–H groups in total. The van der Waals surface area contributed by atoms with Crippen molar-refractivity contribution in [2.45, 2.75) is 25.8 Å². The number of fused-ring (bicyclic) bond motifs is 1. The van der Waals surface area contributed by atoms with Crippen molar-refractivity contribution in [3.8, 4) is 0 Å². The van der Waals surface area contributed by atoms with Gasteiger partial charge in [0.05, 0.1) is 5.69 Å². The average molecular weight is 307 g/mol. The van der Waals surface area contributed by atoms with Crippen molar-refractivity contribution in [1.82, 2.24) is 9.78 Å². The van der Waals surface area contributed by atoms with Gasteiger partial charge in [-0.25, -0.2) is 0 Å². The van der Waals surface area contributed by atoms with Crippen LogP contribution in [-0.2, 0) is 26.4 Å². The summed E-state index contributed by atoms with van der Waals surface area (Å²) in [6.45, 7) is 0.483. The molecule has 0 saturated carbocycles. The Morgan fingerprint density at radius 2 is 2.05 bits per heavy atom. The van der Waals surface area contributed by atoms with Crippen LogP contribution in [0.4, 0.5) is 5.82 Å². The standard InChI is InChI=1S/C15H18N4O.ClH/c1-19-14(12-3-2-4-13(12)18-19)17-15(20)11-7-5-10(9-16)6-8-11;/h5-8H,2-4,9,16H2,1H3,(H,17,20);1H. The zero-order chi connectivity index (χ0) is 14.1. The molecule has 1 aromatic heterocycles. The molecule has 1 amide bonds. The predicted molar refractivity (Wildman–Crippen MR) is 84.8 cm³/mol. The number of nitrogens with zero attached hydrogens (tertiary/aromatic N) is 2. The quantitative estimate of drug-likeness (QED) is 0.911. The third kappa shape index (κ3) is 2.94. The zero-order valence-corrected chi connectivity index (χ0v) is 12.7. The Morgan fingerprint density at radius 1 is 1.33 bits per heavy atom. The maximum absolute atomic E-state index is 12.3. The van der Waals surface area contributed by atoms with Crippen LogP contribution < -0.4 is 11.1 Å². The number of halogens is 1. The van der Waals surface area contributed by atoms with Gasteiger partial charge in [-0.2, -0.15) is 5.10 Å². The van der Waals surface area contributed by atoms with Crippen molar-refractivity contribution < 1.29 is 4.79 Å². The van der Waals surface area contributed by atoms with Crippen LogP contribution in [0.1, 0.15) is 33.6 Å². The minimum absolute atomic E-state index is 0. The van der Waals surface area contributed by atoms with Crippen molar-refractivity contribution in [3.63, 3.8) is 0 Å². The summed E-state index contributed by atoms with van der Waals surface area (Å²) in [5.41, 5.74) is 9.50. The average Bonchev–Trinajstić information content (AvgIpc) is 3.02. The summed E-state index contributed by atoms with van der Waals surface area (Å²) < 4.78 is 1.76. The summed E-state index contributed by atoms with van der Waals surface area (Å²) in [7, 11) is 1.87. The summed E-state index contributed by atoms with van der Waals surface area (Å²) >= 11 is 0. The number of aryl methyl sites for hydroxylation is 2. The van der Waals surface area contributed by atoms with Gasteiger partial charge in [0.1, 0.15) is 5.82 Å². The van der Waals surface area contributed by atoms with Gasteiger partial charge >= 0.3 is 0 Å². The van der Waals surface area contributed by atoms with E-state index in [9.17, 15) is 4.79 Å². The Hall–Kier alpha value is -1.85. The fourth-order valence-corrected chi connectivity index (χ4v) is 2.65. The lowest BCUT2D eigenvalue weighted by molar-refractivity contribution is 0.102. The van der Waals surface area contributed by atoms with E-state index in [2.05, 4.69) is 10.4 Å². The third-order valence-corrected chi connectivity index (χ3v) is 3.75. The molecular weight excluding hydrogens is 288 g/mol. The normalized spacial score (nSPS) is 12.7. The predicted octanol–water partition coefficient (Wildman–Crippen LogP) is 2.04. The largest absolute Gasteiger partial charge is 0.326 e. The van der Waals surface area contributed by atoms with Gasteiger partial charge in [-0.15, -0.1) is 12.4 Å². The molecule has 0 spiro atoms. The highest BCUT2D eigenvalue weighted by atomic mass is 35.5. The summed E-state index contributed by atoms with van der Waals surface area (Å²) in [6, 6.07) is 7.35. The Balaban J connectivity index is 0.00000161. The minimum Gasteiger partial charge on any atom is -0.326 e. The molecule has 112 valence electrons. The molecule has 1 aliphatic carbocycles. The zero-order valence-electron chi connectivity index (χ0n) is 11.9. The number of hydrogen-bond donors (Lipinski definition) is 2. The van der Waals surface area contributed by atoms with Gasteiger partial charge in [-0.3, -0.25) is 9.48 Å². The highest BCUT2D eigenvalue weighted by Gasteiger charge is 2.22. The van der Waals surface area contributed by atoms with Crippen molar-refractivity contribution in [2.24, 2.45) is 12.8 Å². The van der Waals surface area contributed by atoms with E-state index < -0.39 is 0 Å². The van der Waals surface area contributed by atoms with E-state index in [1.165, 1.54) is 5.56 Å². The van der Waals surface area contributed by atoms with Crippen LogP contribution in [0.3, 0.4) is 0 Å². The monoisotopic (exact) mass is 306 g/mol.